The van der Waals surface area contributed by atoms with E-state index in [9.17, 15) is 14.4 Å². The van der Waals surface area contributed by atoms with Crippen LogP contribution in [0.15, 0.2) is 24.3 Å². The maximum atomic E-state index is 12.1. The molecule has 2 aliphatic carbocycles. The lowest BCUT2D eigenvalue weighted by Crippen LogP contribution is -2.24. The largest absolute Gasteiger partial charge is 0.462 e. The zero-order valence-electron chi connectivity index (χ0n) is 15.0. The number of para-hydroxylation sites is 1. The molecular formula is C20H25NO5. The highest BCUT2D eigenvalue weighted by molar-refractivity contribution is 6.01. The quantitative estimate of drug-likeness (QED) is 0.756. The highest BCUT2D eigenvalue weighted by Gasteiger charge is 2.40. The third-order valence-electron chi connectivity index (χ3n) is 5.37. The van der Waals surface area contributed by atoms with Crippen molar-refractivity contribution < 1.29 is 23.9 Å². The van der Waals surface area contributed by atoms with E-state index in [0.717, 1.165) is 12.3 Å². The molecule has 1 aromatic carbocycles. The van der Waals surface area contributed by atoms with Gasteiger partial charge in [-0.05, 0) is 56.1 Å². The first kappa shape index (κ1) is 18.4. The van der Waals surface area contributed by atoms with Crippen LogP contribution in [0, 0.1) is 17.8 Å². The average molecular weight is 359 g/mol. The second-order valence-electron chi connectivity index (χ2n) is 7.11. The Hall–Kier alpha value is -2.37. The average Bonchev–Trinajstić information content (AvgIpc) is 3.23. The van der Waals surface area contributed by atoms with Gasteiger partial charge in [0, 0.05) is 6.42 Å². The van der Waals surface area contributed by atoms with Gasteiger partial charge in [-0.1, -0.05) is 18.6 Å². The van der Waals surface area contributed by atoms with Crippen LogP contribution in [-0.4, -0.2) is 31.1 Å². The molecule has 2 fully saturated rings. The van der Waals surface area contributed by atoms with Gasteiger partial charge in [0.25, 0.3) is 5.91 Å². The van der Waals surface area contributed by atoms with Crippen molar-refractivity contribution in [2.75, 3.05) is 18.5 Å². The molecular weight excluding hydrogens is 334 g/mol. The topological polar surface area (TPSA) is 81.7 Å². The molecule has 0 radical (unpaired) electrons. The van der Waals surface area contributed by atoms with Crippen molar-refractivity contribution in [3.05, 3.63) is 29.8 Å². The van der Waals surface area contributed by atoms with Crippen molar-refractivity contribution in [3.63, 3.8) is 0 Å². The first-order chi connectivity index (χ1) is 12.6. The molecule has 2 saturated carbocycles. The molecule has 3 atom stereocenters. The molecule has 0 saturated heterocycles. The van der Waals surface area contributed by atoms with E-state index in [2.05, 4.69) is 5.32 Å². The van der Waals surface area contributed by atoms with Crippen molar-refractivity contribution in [2.24, 2.45) is 17.8 Å². The van der Waals surface area contributed by atoms with Gasteiger partial charge in [-0.2, -0.15) is 0 Å². The number of amides is 1. The lowest BCUT2D eigenvalue weighted by atomic mass is 9.86. The highest BCUT2D eigenvalue weighted by atomic mass is 16.5. The summed E-state index contributed by atoms with van der Waals surface area (Å²) in [5.74, 6) is 0.545. The fraction of sp³-hybridized carbons (Fsp3) is 0.550. The molecule has 0 unspecified atom stereocenters. The number of anilines is 1. The van der Waals surface area contributed by atoms with E-state index >= 15 is 0 Å². The Labute approximate surface area is 153 Å². The minimum absolute atomic E-state index is 0.252. The molecule has 0 spiro atoms. The summed E-state index contributed by atoms with van der Waals surface area (Å²) in [5.41, 5.74) is 0.621. The van der Waals surface area contributed by atoms with Crippen LogP contribution in [0.3, 0.4) is 0 Å². The Balaban J connectivity index is 1.47. The minimum atomic E-state index is -0.503. The first-order valence-corrected chi connectivity index (χ1v) is 9.28. The van der Waals surface area contributed by atoms with Crippen LogP contribution in [0.4, 0.5) is 5.69 Å². The van der Waals surface area contributed by atoms with Crippen molar-refractivity contribution in [2.45, 2.75) is 39.0 Å². The van der Waals surface area contributed by atoms with Crippen LogP contribution in [0.2, 0.25) is 0 Å². The van der Waals surface area contributed by atoms with Gasteiger partial charge >= 0.3 is 11.9 Å². The number of carbonyl (C=O) groups excluding carboxylic acids is 3. The molecule has 0 heterocycles. The third kappa shape index (κ3) is 4.42. The predicted molar refractivity (Wildman–Crippen MR) is 95.5 cm³/mol. The highest BCUT2D eigenvalue weighted by Crippen LogP contribution is 2.49. The van der Waals surface area contributed by atoms with E-state index in [1.807, 2.05) is 0 Å². The van der Waals surface area contributed by atoms with Gasteiger partial charge in [-0.15, -0.1) is 0 Å². The Bertz CT molecular complexity index is 687. The standard InChI is InChI=1S/C20H25NO5/c1-2-25-20(24)16-5-3-4-6-17(16)21-18(22)12-26-19(23)11-15-10-13-7-8-14(15)9-13/h3-6,13-15H,2,7-12H2,1H3,(H,21,22)/t13-,14+,15+/m0/s1. The molecule has 3 rings (SSSR count). The molecule has 26 heavy (non-hydrogen) atoms. The predicted octanol–water partition coefficient (Wildman–Crippen LogP) is 3.17. The van der Waals surface area contributed by atoms with Crippen molar-refractivity contribution in [3.8, 4) is 0 Å². The zero-order valence-corrected chi connectivity index (χ0v) is 15.0. The second kappa shape index (κ2) is 8.34. The fourth-order valence-corrected chi connectivity index (χ4v) is 4.21. The van der Waals surface area contributed by atoms with Crippen LogP contribution in [0.25, 0.3) is 0 Å². The molecule has 0 aromatic heterocycles. The molecule has 6 nitrogen and oxygen atoms in total. The number of nitrogens with one attached hydrogen (secondary N) is 1. The number of hydrogen-bond donors (Lipinski definition) is 1. The summed E-state index contributed by atoms with van der Waals surface area (Å²) in [5, 5.41) is 2.61. The van der Waals surface area contributed by atoms with Gasteiger partial charge in [-0.3, -0.25) is 9.59 Å². The van der Waals surface area contributed by atoms with E-state index in [1.165, 1.54) is 19.3 Å². The molecule has 140 valence electrons. The van der Waals surface area contributed by atoms with E-state index < -0.39 is 11.9 Å². The molecule has 0 aliphatic heterocycles. The number of hydrogen-bond acceptors (Lipinski definition) is 5. The van der Waals surface area contributed by atoms with E-state index in [0.29, 0.717) is 23.9 Å². The first-order valence-electron chi connectivity index (χ1n) is 9.28. The second-order valence-corrected chi connectivity index (χ2v) is 7.11. The summed E-state index contributed by atoms with van der Waals surface area (Å²) in [4.78, 5) is 36.0. The van der Waals surface area contributed by atoms with Gasteiger partial charge in [0.05, 0.1) is 17.9 Å². The smallest absolute Gasteiger partial charge is 0.340 e. The van der Waals surface area contributed by atoms with Crippen LogP contribution >= 0.6 is 0 Å². The monoisotopic (exact) mass is 359 g/mol. The van der Waals surface area contributed by atoms with Crippen LogP contribution in [-0.2, 0) is 19.1 Å². The number of benzene rings is 1. The lowest BCUT2D eigenvalue weighted by molar-refractivity contribution is -0.148. The molecule has 1 amide bonds. The Morgan fingerprint density at radius 3 is 2.62 bits per heavy atom. The van der Waals surface area contributed by atoms with E-state index in [-0.39, 0.29) is 24.7 Å². The third-order valence-corrected chi connectivity index (χ3v) is 5.37. The van der Waals surface area contributed by atoms with Crippen LogP contribution in [0.1, 0.15) is 49.4 Å². The molecule has 1 N–H and O–H groups in total. The Kier molecular flexibility index (Phi) is 5.91. The van der Waals surface area contributed by atoms with Crippen LogP contribution < -0.4 is 5.32 Å². The summed E-state index contributed by atoms with van der Waals surface area (Å²) in [6.45, 7) is 1.62. The Morgan fingerprint density at radius 1 is 1.12 bits per heavy atom. The normalized spacial score (nSPS) is 23.5. The fourth-order valence-electron chi connectivity index (χ4n) is 4.21. The molecule has 2 bridgehead atoms. The van der Waals surface area contributed by atoms with E-state index in [4.69, 9.17) is 9.47 Å². The number of carbonyl (C=O) groups is 3. The SMILES string of the molecule is CCOC(=O)c1ccccc1NC(=O)COC(=O)C[C@H]1C[C@H]2CC[C@@H]1C2. The molecule has 1 aromatic rings. The number of fused-ring (bicyclic) bond motifs is 2. The van der Waals surface area contributed by atoms with Gasteiger partial charge in [0.1, 0.15) is 0 Å². The van der Waals surface area contributed by atoms with Crippen molar-refractivity contribution in [1.82, 2.24) is 0 Å². The maximum absolute atomic E-state index is 12.1. The van der Waals surface area contributed by atoms with Gasteiger partial charge in [0.15, 0.2) is 6.61 Å². The van der Waals surface area contributed by atoms with Gasteiger partial charge < -0.3 is 14.8 Å². The molecule has 2 aliphatic rings. The maximum Gasteiger partial charge on any atom is 0.340 e. The summed E-state index contributed by atoms with van der Waals surface area (Å²) >= 11 is 0. The van der Waals surface area contributed by atoms with E-state index in [1.54, 1.807) is 31.2 Å². The summed E-state index contributed by atoms with van der Waals surface area (Å²) in [6.07, 6.45) is 5.25. The summed E-state index contributed by atoms with van der Waals surface area (Å²) in [6, 6.07) is 6.59. The molecule has 6 heteroatoms. The Morgan fingerprint density at radius 2 is 1.92 bits per heavy atom. The number of rotatable bonds is 7. The van der Waals surface area contributed by atoms with Gasteiger partial charge in [-0.25, -0.2) is 4.79 Å². The van der Waals surface area contributed by atoms with Gasteiger partial charge in [0.2, 0.25) is 0 Å². The van der Waals surface area contributed by atoms with Crippen LogP contribution in [0.5, 0.6) is 0 Å². The lowest BCUT2D eigenvalue weighted by Gasteiger charge is -2.20. The summed E-state index contributed by atoms with van der Waals surface area (Å²) < 4.78 is 10.1. The number of ether oxygens (including phenoxy) is 2. The van der Waals surface area contributed by atoms with Crippen molar-refractivity contribution >= 4 is 23.5 Å². The van der Waals surface area contributed by atoms with Crippen molar-refractivity contribution in [1.29, 1.82) is 0 Å². The number of esters is 2. The zero-order chi connectivity index (χ0) is 18.5. The minimum Gasteiger partial charge on any atom is -0.462 e. The summed E-state index contributed by atoms with van der Waals surface area (Å²) in [7, 11) is 0.